The van der Waals surface area contributed by atoms with E-state index in [1.807, 2.05) is 34.1 Å². The van der Waals surface area contributed by atoms with Crippen molar-refractivity contribution in [2.45, 2.75) is 57.4 Å². The average Bonchev–Trinajstić information content (AvgIpc) is 3.39. The number of fused-ring (bicyclic) bond motifs is 3. The van der Waals surface area contributed by atoms with Crippen molar-refractivity contribution >= 4 is 23.3 Å². The maximum absolute atomic E-state index is 13.6. The van der Waals surface area contributed by atoms with Gasteiger partial charge in [-0.1, -0.05) is 61.4 Å². The van der Waals surface area contributed by atoms with E-state index in [1.165, 1.54) is 5.69 Å². The second-order valence-electron chi connectivity index (χ2n) is 10.6. The Morgan fingerprint density at radius 2 is 1.62 bits per heavy atom. The molecule has 0 spiro atoms. The highest BCUT2D eigenvalue weighted by atomic mass is 16.2. The minimum absolute atomic E-state index is 0.000535. The SMILES string of the molecule is O=C(CCC1=NNC2N(Cc3ccccc3)C(=O)C3CCCCC3N12)N1CCN(c2ccccc2)CC1. The molecule has 4 aliphatic rings. The molecule has 3 unspecified atom stereocenters. The summed E-state index contributed by atoms with van der Waals surface area (Å²) in [5.41, 5.74) is 5.59. The molecule has 0 bridgehead atoms. The number of hydrogen-bond donors (Lipinski definition) is 1. The summed E-state index contributed by atoms with van der Waals surface area (Å²) in [6.07, 6.45) is 4.92. The Balaban J connectivity index is 1.10. The molecule has 1 aliphatic carbocycles. The molecule has 2 aromatic rings. The number of benzene rings is 2. The summed E-state index contributed by atoms with van der Waals surface area (Å²) >= 11 is 0. The highest BCUT2D eigenvalue weighted by molar-refractivity contribution is 5.91. The molecule has 2 amide bonds. The molecule has 2 saturated heterocycles. The van der Waals surface area contributed by atoms with Crippen molar-refractivity contribution in [2.24, 2.45) is 11.0 Å². The van der Waals surface area contributed by atoms with E-state index < -0.39 is 0 Å². The summed E-state index contributed by atoms with van der Waals surface area (Å²) in [6.45, 7) is 3.76. The Hall–Kier alpha value is -3.55. The lowest BCUT2D eigenvalue weighted by Gasteiger charge is -2.50. The smallest absolute Gasteiger partial charge is 0.231 e. The Morgan fingerprint density at radius 1 is 0.919 bits per heavy atom. The van der Waals surface area contributed by atoms with E-state index in [0.717, 1.165) is 63.3 Å². The Labute approximate surface area is 218 Å². The molecular formula is C29H36N6O2. The van der Waals surface area contributed by atoms with Gasteiger partial charge in [0.25, 0.3) is 0 Å². The number of amides is 2. The van der Waals surface area contributed by atoms with Gasteiger partial charge in [0.15, 0.2) is 6.29 Å². The van der Waals surface area contributed by atoms with E-state index in [0.29, 0.717) is 19.4 Å². The number of rotatable bonds is 6. The van der Waals surface area contributed by atoms with E-state index in [1.54, 1.807) is 0 Å². The summed E-state index contributed by atoms with van der Waals surface area (Å²) in [4.78, 5) is 35.3. The lowest BCUT2D eigenvalue weighted by Crippen LogP contribution is -2.67. The molecule has 6 rings (SSSR count). The summed E-state index contributed by atoms with van der Waals surface area (Å²) in [7, 11) is 0. The van der Waals surface area contributed by atoms with Gasteiger partial charge < -0.3 is 14.7 Å². The number of hydrazone groups is 1. The van der Waals surface area contributed by atoms with Crippen molar-refractivity contribution in [1.29, 1.82) is 0 Å². The Bertz CT molecular complexity index is 1130. The number of hydrogen-bond acceptors (Lipinski definition) is 6. The summed E-state index contributed by atoms with van der Waals surface area (Å²) in [5.74, 6) is 1.34. The van der Waals surface area contributed by atoms with Crippen molar-refractivity contribution in [3.05, 3.63) is 66.2 Å². The molecule has 8 heteroatoms. The van der Waals surface area contributed by atoms with E-state index in [2.05, 4.69) is 56.7 Å². The molecule has 194 valence electrons. The number of nitrogens with one attached hydrogen (secondary N) is 1. The van der Waals surface area contributed by atoms with Crippen LogP contribution in [0.25, 0.3) is 0 Å². The fraction of sp³-hybridized carbons (Fsp3) is 0.483. The van der Waals surface area contributed by atoms with Gasteiger partial charge in [0, 0.05) is 57.3 Å². The Kier molecular flexibility index (Phi) is 6.72. The van der Waals surface area contributed by atoms with E-state index in [9.17, 15) is 9.59 Å². The van der Waals surface area contributed by atoms with Crippen LogP contribution in [-0.4, -0.2) is 70.9 Å². The third-order valence-electron chi connectivity index (χ3n) is 8.36. The molecule has 1 saturated carbocycles. The van der Waals surface area contributed by atoms with Crippen LogP contribution in [0.3, 0.4) is 0 Å². The van der Waals surface area contributed by atoms with Crippen molar-refractivity contribution in [3.63, 3.8) is 0 Å². The first-order chi connectivity index (χ1) is 18.2. The molecule has 8 nitrogen and oxygen atoms in total. The zero-order valence-corrected chi connectivity index (χ0v) is 21.3. The number of amidine groups is 1. The zero-order chi connectivity index (χ0) is 25.2. The number of para-hydroxylation sites is 1. The predicted molar refractivity (Wildman–Crippen MR) is 143 cm³/mol. The van der Waals surface area contributed by atoms with Crippen LogP contribution < -0.4 is 10.3 Å². The van der Waals surface area contributed by atoms with Crippen LogP contribution in [0.4, 0.5) is 5.69 Å². The Morgan fingerprint density at radius 3 is 2.38 bits per heavy atom. The highest BCUT2D eigenvalue weighted by Crippen LogP contribution is 2.38. The minimum Gasteiger partial charge on any atom is -0.368 e. The maximum atomic E-state index is 13.6. The van der Waals surface area contributed by atoms with Gasteiger partial charge in [-0.15, -0.1) is 0 Å². The van der Waals surface area contributed by atoms with Crippen LogP contribution in [0.5, 0.6) is 0 Å². The summed E-state index contributed by atoms with van der Waals surface area (Å²) in [5, 5.41) is 4.69. The monoisotopic (exact) mass is 500 g/mol. The third kappa shape index (κ3) is 4.77. The minimum atomic E-state index is -0.272. The van der Waals surface area contributed by atoms with Crippen molar-refractivity contribution in [2.75, 3.05) is 31.1 Å². The molecule has 3 heterocycles. The van der Waals surface area contributed by atoms with Crippen LogP contribution in [-0.2, 0) is 16.1 Å². The highest BCUT2D eigenvalue weighted by Gasteiger charge is 2.50. The maximum Gasteiger partial charge on any atom is 0.231 e. The molecular weight excluding hydrogens is 464 g/mol. The van der Waals surface area contributed by atoms with Gasteiger partial charge >= 0.3 is 0 Å². The van der Waals surface area contributed by atoms with Gasteiger partial charge in [-0.3, -0.25) is 19.9 Å². The first-order valence-corrected chi connectivity index (χ1v) is 13.7. The van der Waals surface area contributed by atoms with Gasteiger partial charge in [0.1, 0.15) is 5.84 Å². The second-order valence-corrected chi connectivity index (χ2v) is 10.6. The number of carbonyl (C=O) groups excluding carboxylic acids is 2. The third-order valence-corrected chi connectivity index (χ3v) is 8.36. The molecule has 0 aromatic heterocycles. The topological polar surface area (TPSA) is 71.5 Å². The molecule has 37 heavy (non-hydrogen) atoms. The molecule has 0 radical (unpaired) electrons. The normalized spacial score (nSPS) is 25.4. The van der Waals surface area contributed by atoms with Gasteiger partial charge in [0.05, 0.1) is 5.92 Å². The summed E-state index contributed by atoms with van der Waals surface area (Å²) in [6, 6.07) is 20.7. The zero-order valence-electron chi connectivity index (χ0n) is 21.3. The van der Waals surface area contributed by atoms with E-state index in [4.69, 9.17) is 0 Å². The van der Waals surface area contributed by atoms with Crippen LogP contribution in [0.1, 0.15) is 44.1 Å². The predicted octanol–water partition coefficient (Wildman–Crippen LogP) is 3.22. The number of anilines is 1. The quantitative estimate of drug-likeness (QED) is 0.660. The van der Waals surface area contributed by atoms with E-state index in [-0.39, 0.29) is 30.1 Å². The lowest BCUT2D eigenvalue weighted by molar-refractivity contribution is -0.156. The molecule has 3 fully saturated rings. The fourth-order valence-electron chi connectivity index (χ4n) is 6.41. The first-order valence-electron chi connectivity index (χ1n) is 13.7. The van der Waals surface area contributed by atoms with Crippen LogP contribution in [0, 0.1) is 5.92 Å². The van der Waals surface area contributed by atoms with Gasteiger partial charge in [0.2, 0.25) is 11.8 Å². The van der Waals surface area contributed by atoms with Crippen molar-refractivity contribution in [3.8, 4) is 0 Å². The van der Waals surface area contributed by atoms with Gasteiger partial charge in [-0.2, -0.15) is 5.10 Å². The average molecular weight is 501 g/mol. The van der Waals surface area contributed by atoms with Crippen molar-refractivity contribution in [1.82, 2.24) is 20.1 Å². The second kappa shape index (κ2) is 10.4. The standard InChI is InChI=1S/C29H36N6O2/c36-27(33-19-17-32(18-20-33)23-11-5-2-6-12-23)16-15-26-30-31-29-34(21-22-9-3-1-4-10-22)28(37)24-13-7-8-14-25(24)35(26)29/h1-6,9-12,24-25,29,31H,7-8,13-21H2. The first kappa shape index (κ1) is 23.8. The lowest BCUT2D eigenvalue weighted by atomic mass is 9.80. The van der Waals surface area contributed by atoms with Gasteiger partial charge in [-0.25, -0.2) is 0 Å². The van der Waals surface area contributed by atoms with E-state index >= 15 is 0 Å². The molecule has 1 N–H and O–H groups in total. The molecule has 3 aliphatic heterocycles. The van der Waals surface area contributed by atoms with Crippen LogP contribution >= 0.6 is 0 Å². The fourth-order valence-corrected chi connectivity index (χ4v) is 6.41. The summed E-state index contributed by atoms with van der Waals surface area (Å²) < 4.78 is 0. The largest absolute Gasteiger partial charge is 0.368 e. The number of piperazine rings is 1. The van der Waals surface area contributed by atoms with Gasteiger partial charge in [-0.05, 0) is 30.5 Å². The number of nitrogens with zero attached hydrogens (tertiary/aromatic N) is 5. The van der Waals surface area contributed by atoms with Crippen LogP contribution in [0.2, 0.25) is 0 Å². The molecule has 3 atom stereocenters. The van der Waals surface area contributed by atoms with Crippen LogP contribution in [0.15, 0.2) is 65.8 Å². The van der Waals surface area contributed by atoms with Crippen molar-refractivity contribution < 1.29 is 9.59 Å². The molecule has 2 aromatic carbocycles. The number of carbonyl (C=O) groups is 2.